The highest BCUT2D eigenvalue weighted by molar-refractivity contribution is 5.96. The van der Waals surface area contributed by atoms with Crippen LogP contribution in [0.15, 0.2) is 48.5 Å². The van der Waals surface area contributed by atoms with Crippen LogP contribution >= 0.6 is 0 Å². The van der Waals surface area contributed by atoms with Crippen LogP contribution in [0, 0.1) is 0 Å². The van der Waals surface area contributed by atoms with Gasteiger partial charge in [-0.1, -0.05) is 24.3 Å². The van der Waals surface area contributed by atoms with Gasteiger partial charge >= 0.3 is 5.97 Å². The standard InChI is InChI=1S/C17H17NO5/c1-11(23-14-9-5-3-7-12(14)17(20)21)16(19)18-13-8-4-6-10-15(13)22-2/h3-11H,1-2H3,(H,18,19)(H,20,21). The van der Waals surface area contributed by atoms with Crippen molar-refractivity contribution in [3.63, 3.8) is 0 Å². The topological polar surface area (TPSA) is 84.9 Å². The number of amides is 1. The molecule has 1 unspecified atom stereocenters. The molecule has 0 saturated heterocycles. The van der Waals surface area contributed by atoms with E-state index in [1.807, 2.05) is 0 Å². The molecular weight excluding hydrogens is 298 g/mol. The first-order valence-corrected chi connectivity index (χ1v) is 6.95. The molecule has 0 aliphatic rings. The Hall–Kier alpha value is -3.02. The molecule has 0 aliphatic heterocycles. The SMILES string of the molecule is COc1ccccc1NC(=O)C(C)Oc1ccccc1C(=O)O. The number of carboxylic acids is 1. The predicted octanol–water partition coefficient (Wildman–Crippen LogP) is 2.80. The average molecular weight is 315 g/mol. The number of para-hydroxylation sites is 3. The number of benzene rings is 2. The molecule has 2 rings (SSSR count). The van der Waals surface area contributed by atoms with Crippen molar-refractivity contribution in [1.29, 1.82) is 0 Å². The van der Waals surface area contributed by atoms with Gasteiger partial charge in [0.25, 0.3) is 5.91 Å². The summed E-state index contributed by atoms with van der Waals surface area (Å²) < 4.78 is 10.6. The number of anilines is 1. The van der Waals surface area contributed by atoms with Crippen LogP contribution in [0.25, 0.3) is 0 Å². The fourth-order valence-corrected chi connectivity index (χ4v) is 1.97. The van der Waals surface area contributed by atoms with Gasteiger partial charge in [0.2, 0.25) is 0 Å². The van der Waals surface area contributed by atoms with E-state index in [4.69, 9.17) is 14.6 Å². The van der Waals surface area contributed by atoms with Gasteiger partial charge in [0.15, 0.2) is 6.10 Å². The fourth-order valence-electron chi connectivity index (χ4n) is 1.97. The summed E-state index contributed by atoms with van der Waals surface area (Å²) in [6.07, 6.45) is -0.875. The molecule has 6 nitrogen and oxygen atoms in total. The Balaban J connectivity index is 2.10. The molecule has 1 atom stereocenters. The number of methoxy groups -OCH3 is 1. The van der Waals surface area contributed by atoms with E-state index in [0.717, 1.165) is 0 Å². The molecule has 0 radical (unpaired) electrons. The summed E-state index contributed by atoms with van der Waals surface area (Å²) in [5, 5.41) is 11.8. The van der Waals surface area contributed by atoms with E-state index in [1.54, 1.807) is 43.3 Å². The summed E-state index contributed by atoms with van der Waals surface area (Å²) in [6, 6.07) is 13.2. The molecule has 2 aromatic carbocycles. The number of ether oxygens (including phenoxy) is 2. The van der Waals surface area contributed by atoms with Gasteiger partial charge in [-0.05, 0) is 31.2 Å². The maximum atomic E-state index is 12.2. The summed E-state index contributed by atoms with van der Waals surface area (Å²) in [5.74, 6) is -0.853. The second-order valence-corrected chi connectivity index (χ2v) is 4.75. The van der Waals surface area contributed by atoms with Crippen LogP contribution in [0.1, 0.15) is 17.3 Å². The first kappa shape index (κ1) is 16.4. The molecular formula is C17H17NO5. The fraction of sp³-hybridized carbons (Fsp3) is 0.176. The molecule has 0 heterocycles. The van der Waals surface area contributed by atoms with Crippen molar-refractivity contribution in [1.82, 2.24) is 0 Å². The highest BCUT2D eigenvalue weighted by Crippen LogP contribution is 2.24. The van der Waals surface area contributed by atoms with Gasteiger partial charge in [-0.3, -0.25) is 4.79 Å². The van der Waals surface area contributed by atoms with Crippen molar-refractivity contribution in [2.24, 2.45) is 0 Å². The molecule has 2 N–H and O–H groups in total. The van der Waals surface area contributed by atoms with Crippen molar-refractivity contribution >= 4 is 17.6 Å². The van der Waals surface area contributed by atoms with Gasteiger partial charge in [0.1, 0.15) is 17.1 Å². The Labute approximate surface area is 133 Å². The first-order chi connectivity index (χ1) is 11.0. The van der Waals surface area contributed by atoms with Crippen LogP contribution in [-0.2, 0) is 4.79 Å². The van der Waals surface area contributed by atoms with Gasteiger partial charge in [-0.2, -0.15) is 0 Å². The number of hydrogen-bond acceptors (Lipinski definition) is 4. The minimum absolute atomic E-state index is 0.00411. The highest BCUT2D eigenvalue weighted by Gasteiger charge is 2.19. The van der Waals surface area contributed by atoms with Crippen molar-refractivity contribution in [3.05, 3.63) is 54.1 Å². The molecule has 6 heteroatoms. The van der Waals surface area contributed by atoms with Gasteiger partial charge in [-0.15, -0.1) is 0 Å². The van der Waals surface area contributed by atoms with Crippen molar-refractivity contribution in [2.45, 2.75) is 13.0 Å². The van der Waals surface area contributed by atoms with Crippen LogP contribution < -0.4 is 14.8 Å². The third-order valence-electron chi connectivity index (χ3n) is 3.16. The van der Waals surface area contributed by atoms with E-state index < -0.39 is 18.0 Å². The molecule has 0 aromatic heterocycles. The van der Waals surface area contributed by atoms with Crippen LogP contribution in [0.4, 0.5) is 5.69 Å². The molecule has 0 aliphatic carbocycles. The van der Waals surface area contributed by atoms with E-state index in [9.17, 15) is 9.59 Å². The van der Waals surface area contributed by atoms with E-state index in [1.165, 1.54) is 19.2 Å². The Morgan fingerprint density at radius 3 is 2.30 bits per heavy atom. The smallest absolute Gasteiger partial charge is 0.339 e. The minimum atomic E-state index is -1.11. The quantitative estimate of drug-likeness (QED) is 0.856. The van der Waals surface area contributed by atoms with Crippen molar-refractivity contribution in [2.75, 3.05) is 12.4 Å². The molecule has 0 saturated carbocycles. The Morgan fingerprint density at radius 2 is 1.65 bits per heavy atom. The number of aromatic carboxylic acids is 1. The Kier molecular flexibility index (Phi) is 5.19. The maximum Gasteiger partial charge on any atom is 0.339 e. The van der Waals surface area contributed by atoms with E-state index in [2.05, 4.69) is 5.32 Å². The largest absolute Gasteiger partial charge is 0.495 e. The lowest BCUT2D eigenvalue weighted by atomic mass is 10.2. The van der Waals surface area contributed by atoms with Crippen LogP contribution in [-0.4, -0.2) is 30.2 Å². The number of carbonyl (C=O) groups excluding carboxylic acids is 1. The van der Waals surface area contributed by atoms with E-state index in [-0.39, 0.29) is 11.3 Å². The summed E-state index contributed by atoms with van der Waals surface area (Å²) in [6.45, 7) is 1.55. The minimum Gasteiger partial charge on any atom is -0.495 e. The van der Waals surface area contributed by atoms with Crippen LogP contribution in [0.5, 0.6) is 11.5 Å². The van der Waals surface area contributed by atoms with Crippen molar-refractivity contribution < 1.29 is 24.2 Å². The molecule has 0 fully saturated rings. The third-order valence-corrected chi connectivity index (χ3v) is 3.16. The van der Waals surface area contributed by atoms with Crippen molar-refractivity contribution in [3.8, 4) is 11.5 Å². The summed E-state index contributed by atoms with van der Waals surface area (Å²) in [5.41, 5.74) is 0.520. The molecule has 1 amide bonds. The average Bonchev–Trinajstić information content (AvgIpc) is 2.55. The van der Waals surface area contributed by atoms with Gasteiger partial charge in [0, 0.05) is 0 Å². The normalized spacial score (nSPS) is 11.4. The number of carbonyl (C=O) groups is 2. The maximum absolute atomic E-state index is 12.2. The predicted molar refractivity (Wildman–Crippen MR) is 85.1 cm³/mol. The lowest BCUT2D eigenvalue weighted by Crippen LogP contribution is -2.30. The van der Waals surface area contributed by atoms with E-state index >= 15 is 0 Å². The zero-order chi connectivity index (χ0) is 16.8. The zero-order valence-corrected chi connectivity index (χ0v) is 12.8. The second kappa shape index (κ2) is 7.31. The summed E-state index contributed by atoms with van der Waals surface area (Å²) in [7, 11) is 1.51. The Bertz CT molecular complexity index is 714. The molecule has 0 spiro atoms. The molecule has 2 aromatic rings. The Morgan fingerprint density at radius 1 is 1.04 bits per heavy atom. The number of nitrogens with one attached hydrogen (secondary N) is 1. The summed E-state index contributed by atoms with van der Waals surface area (Å²) >= 11 is 0. The van der Waals surface area contributed by atoms with Gasteiger partial charge in [-0.25, -0.2) is 4.79 Å². The van der Waals surface area contributed by atoms with Gasteiger partial charge < -0.3 is 19.9 Å². The number of rotatable bonds is 6. The summed E-state index contributed by atoms with van der Waals surface area (Å²) in [4.78, 5) is 23.4. The van der Waals surface area contributed by atoms with Crippen LogP contribution in [0.3, 0.4) is 0 Å². The number of hydrogen-bond donors (Lipinski definition) is 2. The molecule has 120 valence electrons. The lowest BCUT2D eigenvalue weighted by molar-refractivity contribution is -0.122. The molecule has 0 bridgehead atoms. The third kappa shape index (κ3) is 4.00. The van der Waals surface area contributed by atoms with E-state index in [0.29, 0.717) is 11.4 Å². The highest BCUT2D eigenvalue weighted by atomic mass is 16.5. The first-order valence-electron chi connectivity index (χ1n) is 6.95. The van der Waals surface area contributed by atoms with Crippen LogP contribution in [0.2, 0.25) is 0 Å². The van der Waals surface area contributed by atoms with Gasteiger partial charge in [0.05, 0.1) is 12.8 Å². The number of carboxylic acid groups (broad SMARTS) is 1. The monoisotopic (exact) mass is 315 g/mol. The zero-order valence-electron chi connectivity index (χ0n) is 12.8. The molecule has 23 heavy (non-hydrogen) atoms. The lowest BCUT2D eigenvalue weighted by Gasteiger charge is -2.17. The second-order valence-electron chi connectivity index (χ2n) is 4.75.